The van der Waals surface area contributed by atoms with Gasteiger partial charge in [0.25, 0.3) is 0 Å². The van der Waals surface area contributed by atoms with Crippen LogP contribution < -0.4 is 0 Å². The Balaban J connectivity index is 1.72. The maximum absolute atomic E-state index is 12.7. The van der Waals surface area contributed by atoms with Crippen LogP contribution in [0.5, 0.6) is 0 Å². The van der Waals surface area contributed by atoms with Gasteiger partial charge in [-0.25, -0.2) is 0 Å². The summed E-state index contributed by atoms with van der Waals surface area (Å²) in [5, 5.41) is 0. The third kappa shape index (κ3) is 1.06. The second-order valence-electron chi connectivity index (χ2n) is 7.89. The molecule has 0 radical (unpaired) electrons. The molecule has 0 heterocycles. The Morgan fingerprint density at radius 3 is 2.45 bits per heavy atom. The first-order valence-electron chi connectivity index (χ1n) is 8.26. The van der Waals surface area contributed by atoms with Crippen LogP contribution in [0.2, 0.25) is 0 Å². The zero-order chi connectivity index (χ0) is 15.2. The van der Waals surface area contributed by atoms with E-state index in [4.69, 9.17) is 4.74 Å². The van der Waals surface area contributed by atoms with Crippen molar-refractivity contribution in [3.8, 4) is 0 Å². The maximum atomic E-state index is 12.7. The maximum Gasteiger partial charge on any atom is 0.312 e. The molecule has 0 saturated heterocycles. The van der Waals surface area contributed by atoms with E-state index in [1.54, 1.807) is 0 Å². The predicted molar refractivity (Wildman–Crippen MR) is 80.1 cm³/mol. The summed E-state index contributed by atoms with van der Waals surface area (Å²) in [7, 11) is 1.49. The number of rotatable bonds is 2. The van der Waals surface area contributed by atoms with E-state index in [1.807, 2.05) is 6.07 Å². The number of hydrogen-bond donors (Lipinski definition) is 0. The molecule has 4 fully saturated rings. The van der Waals surface area contributed by atoms with Gasteiger partial charge in [0.15, 0.2) is 0 Å². The Morgan fingerprint density at radius 1 is 1.09 bits per heavy atom. The van der Waals surface area contributed by atoms with E-state index < -0.39 is 5.41 Å². The summed E-state index contributed by atoms with van der Waals surface area (Å²) in [6.45, 7) is 0. The van der Waals surface area contributed by atoms with E-state index in [0.29, 0.717) is 5.78 Å². The van der Waals surface area contributed by atoms with Gasteiger partial charge in [-0.3, -0.25) is 9.59 Å². The molecule has 5 rings (SSSR count). The first-order valence-corrected chi connectivity index (χ1v) is 8.26. The summed E-state index contributed by atoms with van der Waals surface area (Å²) in [5.74, 6) is 0.592. The largest absolute Gasteiger partial charge is 0.469 e. The molecule has 4 aliphatic rings. The summed E-state index contributed by atoms with van der Waals surface area (Å²) in [4.78, 5) is 25.3. The molecular formula is C19H20O3. The first kappa shape index (κ1) is 12.9. The highest BCUT2D eigenvalue weighted by Crippen LogP contribution is 2.85. The van der Waals surface area contributed by atoms with E-state index in [1.165, 1.54) is 12.7 Å². The van der Waals surface area contributed by atoms with Crippen LogP contribution in [0.1, 0.15) is 37.7 Å². The fourth-order valence-corrected chi connectivity index (χ4v) is 6.97. The molecule has 0 aromatic heterocycles. The zero-order valence-electron chi connectivity index (χ0n) is 12.8. The van der Waals surface area contributed by atoms with E-state index >= 15 is 0 Å². The molecule has 0 amide bonds. The second kappa shape index (κ2) is 3.64. The van der Waals surface area contributed by atoms with Gasteiger partial charge >= 0.3 is 5.97 Å². The van der Waals surface area contributed by atoms with Crippen molar-refractivity contribution in [2.45, 2.75) is 37.5 Å². The topological polar surface area (TPSA) is 43.4 Å². The Kier molecular flexibility index (Phi) is 2.13. The van der Waals surface area contributed by atoms with E-state index in [-0.39, 0.29) is 28.6 Å². The van der Waals surface area contributed by atoms with Crippen LogP contribution in [-0.2, 0) is 19.7 Å². The summed E-state index contributed by atoms with van der Waals surface area (Å²) < 4.78 is 5.19. The number of hydrogen-bond acceptors (Lipinski definition) is 3. The van der Waals surface area contributed by atoms with Gasteiger partial charge in [-0.1, -0.05) is 30.3 Å². The smallest absolute Gasteiger partial charge is 0.312 e. The molecular weight excluding hydrogens is 276 g/mol. The lowest BCUT2D eigenvalue weighted by molar-refractivity contribution is -0.190. The third-order valence-corrected chi connectivity index (χ3v) is 7.52. The Hall–Kier alpha value is -1.64. The molecule has 5 unspecified atom stereocenters. The van der Waals surface area contributed by atoms with Gasteiger partial charge in [0, 0.05) is 17.3 Å². The van der Waals surface area contributed by atoms with Gasteiger partial charge < -0.3 is 4.74 Å². The molecule has 1 spiro atoms. The van der Waals surface area contributed by atoms with Crippen molar-refractivity contribution in [1.29, 1.82) is 0 Å². The molecule has 3 nitrogen and oxygen atoms in total. The van der Waals surface area contributed by atoms with Crippen molar-refractivity contribution < 1.29 is 14.3 Å². The van der Waals surface area contributed by atoms with Crippen molar-refractivity contribution in [1.82, 2.24) is 0 Å². The van der Waals surface area contributed by atoms with Gasteiger partial charge in [-0.15, -0.1) is 0 Å². The summed E-state index contributed by atoms with van der Waals surface area (Å²) in [6, 6.07) is 10.6. The molecule has 1 aromatic carbocycles. The van der Waals surface area contributed by atoms with Crippen molar-refractivity contribution in [3.05, 3.63) is 35.9 Å². The average Bonchev–Trinajstić information content (AvgIpc) is 2.92. The summed E-state index contributed by atoms with van der Waals surface area (Å²) in [5.41, 5.74) is 0.918. The number of fused-ring (bicyclic) bond motifs is 2. The number of ketones is 1. The van der Waals surface area contributed by atoms with Crippen LogP contribution >= 0.6 is 0 Å². The molecule has 1 aromatic rings. The number of ether oxygens (including phenoxy) is 1. The van der Waals surface area contributed by atoms with Gasteiger partial charge in [-0.05, 0) is 43.1 Å². The SMILES string of the molecule is COC(=O)C12CC3CC14CC(CC4(c1ccccc1)C2)C3=O. The number of carbonyl (C=O) groups excluding carboxylic acids is 2. The van der Waals surface area contributed by atoms with Gasteiger partial charge in [-0.2, -0.15) is 0 Å². The van der Waals surface area contributed by atoms with Gasteiger partial charge in [0.2, 0.25) is 0 Å². The summed E-state index contributed by atoms with van der Waals surface area (Å²) >= 11 is 0. The lowest BCUT2D eigenvalue weighted by Gasteiger charge is -2.65. The Morgan fingerprint density at radius 2 is 1.77 bits per heavy atom. The monoisotopic (exact) mass is 296 g/mol. The second-order valence-corrected chi connectivity index (χ2v) is 7.89. The van der Waals surface area contributed by atoms with Crippen molar-refractivity contribution >= 4 is 11.8 Å². The number of esters is 1. The molecule has 0 aliphatic heterocycles. The van der Waals surface area contributed by atoms with E-state index in [2.05, 4.69) is 24.3 Å². The minimum absolute atomic E-state index is 0.0219. The highest BCUT2D eigenvalue weighted by Gasteiger charge is 2.85. The highest BCUT2D eigenvalue weighted by molar-refractivity contribution is 5.92. The fraction of sp³-hybridized carbons (Fsp3) is 0.579. The van der Waals surface area contributed by atoms with Crippen molar-refractivity contribution in [2.24, 2.45) is 22.7 Å². The van der Waals surface area contributed by atoms with Crippen LogP contribution in [0.15, 0.2) is 30.3 Å². The fourth-order valence-electron chi connectivity index (χ4n) is 6.97. The Bertz CT molecular complexity index is 692. The normalized spacial score (nSPS) is 47.2. The van der Waals surface area contributed by atoms with Crippen LogP contribution in [0.4, 0.5) is 0 Å². The van der Waals surface area contributed by atoms with Crippen LogP contribution in [0, 0.1) is 22.7 Å². The standard InChI is InChI=1S/C19H20O3/c1-22-16(21)18-8-13-10-19(18)9-12(15(13)20)7-17(19,11-18)14-5-3-2-4-6-14/h2-6,12-13H,7-11H2,1H3. The van der Waals surface area contributed by atoms with Crippen LogP contribution in [-0.4, -0.2) is 18.9 Å². The number of carbonyl (C=O) groups is 2. The molecule has 3 bridgehead atoms. The zero-order valence-corrected chi connectivity index (χ0v) is 12.8. The summed E-state index contributed by atoms with van der Waals surface area (Å²) in [6.07, 6.45) is 4.32. The molecule has 5 atom stereocenters. The lowest BCUT2D eigenvalue weighted by atomic mass is 9.37. The molecule has 22 heavy (non-hydrogen) atoms. The number of methoxy groups -OCH3 is 1. The van der Waals surface area contributed by atoms with Gasteiger partial charge in [0.1, 0.15) is 5.78 Å². The van der Waals surface area contributed by atoms with Crippen molar-refractivity contribution in [2.75, 3.05) is 7.11 Å². The molecule has 0 N–H and O–H groups in total. The van der Waals surface area contributed by atoms with Crippen LogP contribution in [0.3, 0.4) is 0 Å². The minimum atomic E-state index is -0.400. The molecule has 4 aliphatic carbocycles. The van der Waals surface area contributed by atoms with Crippen molar-refractivity contribution in [3.63, 3.8) is 0 Å². The third-order valence-electron chi connectivity index (χ3n) is 7.52. The van der Waals surface area contributed by atoms with E-state index in [0.717, 1.165) is 32.1 Å². The number of Topliss-reactive ketones (excluding diaryl/α,β-unsaturated/α-hetero) is 1. The number of benzene rings is 1. The minimum Gasteiger partial charge on any atom is -0.469 e. The molecule has 3 heteroatoms. The van der Waals surface area contributed by atoms with Crippen LogP contribution in [0.25, 0.3) is 0 Å². The predicted octanol–water partition coefficient (Wildman–Crippen LogP) is 2.88. The average molecular weight is 296 g/mol. The quantitative estimate of drug-likeness (QED) is 0.788. The highest BCUT2D eigenvalue weighted by atomic mass is 16.5. The Labute approximate surface area is 130 Å². The first-order chi connectivity index (χ1) is 10.6. The lowest BCUT2D eigenvalue weighted by Crippen LogP contribution is -2.66. The molecule has 4 saturated carbocycles. The molecule has 114 valence electrons. The van der Waals surface area contributed by atoms with Gasteiger partial charge in [0.05, 0.1) is 12.5 Å². The van der Waals surface area contributed by atoms with E-state index in [9.17, 15) is 9.59 Å².